The number of hydrogen-bond acceptors (Lipinski definition) is 4. The number of nitrogens with zero attached hydrogens (tertiary/aromatic N) is 3. The number of para-hydroxylation sites is 2. The highest BCUT2D eigenvalue weighted by Crippen LogP contribution is 2.36. The lowest BCUT2D eigenvalue weighted by atomic mass is 9.73. The molecule has 5 nitrogen and oxygen atoms in total. The van der Waals surface area contributed by atoms with Gasteiger partial charge in [0.05, 0.1) is 30.3 Å². The molecule has 2 aromatic rings. The molecule has 0 bridgehead atoms. The van der Waals surface area contributed by atoms with Crippen LogP contribution in [0.4, 0.5) is 0 Å². The number of fused-ring (bicyclic) bond motifs is 1. The number of aliphatic hydroxyl groups excluding tert-OH is 2. The molecule has 0 radical (unpaired) electrons. The molecule has 5 heteroatoms. The molecule has 0 aliphatic carbocycles. The molecule has 0 unspecified atom stereocenters. The van der Waals surface area contributed by atoms with Gasteiger partial charge in [0.25, 0.3) is 0 Å². The van der Waals surface area contributed by atoms with Crippen LogP contribution in [-0.2, 0) is 13.6 Å². The number of benzene rings is 1. The molecule has 1 aliphatic rings. The highest BCUT2D eigenvalue weighted by Gasteiger charge is 2.41. The normalized spacial score (nSPS) is 26.0. The molecule has 0 amide bonds. The highest BCUT2D eigenvalue weighted by molar-refractivity contribution is 5.75. The number of imidazole rings is 1. The van der Waals surface area contributed by atoms with Crippen molar-refractivity contribution in [2.45, 2.75) is 38.8 Å². The molecule has 2 atom stereocenters. The van der Waals surface area contributed by atoms with Crippen molar-refractivity contribution < 1.29 is 10.2 Å². The van der Waals surface area contributed by atoms with Gasteiger partial charge in [-0.05, 0) is 31.5 Å². The van der Waals surface area contributed by atoms with E-state index in [1.54, 1.807) is 0 Å². The monoisotopic (exact) mass is 317 g/mol. The van der Waals surface area contributed by atoms with Gasteiger partial charge in [0.1, 0.15) is 5.82 Å². The van der Waals surface area contributed by atoms with Crippen molar-refractivity contribution in [2.24, 2.45) is 12.5 Å². The average Bonchev–Trinajstić information content (AvgIpc) is 2.87. The summed E-state index contributed by atoms with van der Waals surface area (Å²) in [6.07, 6.45) is 2.23. The lowest BCUT2D eigenvalue weighted by Crippen LogP contribution is -2.52. The van der Waals surface area contributed by atoms with Crippen LogP contribution in [-0.4, -0.2) is 50.5 Å². The minimum absolute atomic E-state index is 0.0716. The fourth-order valence-electron chi connectivity index (χ4n) is 3.81. The molecule has 1 aromatic carbocycles. The van der Waals surface area contributed by atoms with Gasteiger partial charge in [-0.3, -0.25) is 4.90 Å². The van der Waals surface area contributed by atoms with E-state index in [1.807, 2.05) is 25.2 Å². The first-order chi connectivity index (χ1) is 11.1. The summed E-state index contributed by atoms with van der Waals surface area (Å²) >= 11 is 0. The minimum atomic E-state index is -0.476. The fourth-order valence-corrected chi connectivity index (χ4v) is 3.81. The van der Waals surface area contributed by atoms with Crippen LogP contribution in [0.1, 0.15) is 32.0 Å². The zero-order valence-electron chi connectivity index (χ0n) is 14.1. The Balaban J connectivity index is 1.73. The molecule has 1 aromatic heterocycles. The summed E-state index contributed by atoms with van der Waals surface area (Å²) in [4.78, 5) is 6.96. The van der Waals surface area contributed by atoms with E-state index in [4.69, 9.17) is 4.98 Å². The minimum Gasteiger partial charge on any atom is -0.396 e. The Labute approximate surface area is 137 Å². The van der Waals surface area contributed by atoms with E-state index in [9.17, 15) is 10.2 Å². The third kappa shape index (κ3) is 3.01. The maximum Gasteiger partial charge on any atom is 0.123 e. The van der Waals surface area contributed by atoms with E-state index in [-0.39, 0.29) is 12.0 Å². The highest BCUT2D eigenvalue weighted by atomic mass is 16.3. The van der Waals surface area contributed by atoms with E-state index in [1.165, 1.54) is 0 Å². The van der Waals surface area contributed by atoms with E-state index in [2.05, 4.69) is 22.5 Å². The molecule has 1 aliphatic heterocycles. The summed E-state index contributed by atoms with van der Waals surface area (Å²) in [5.74, 6) is 1.02. The van der Waals surface area contributed by atoms with E-state index in [0.717, 1.165) is 49.2 Å². The Bertz CT molecular complexity index is 669. The summed E-state index contributed by atoms with van der Waals surface area (Å²) in [5, 5.41) is 20.3. The lowest BCUT2D eigenvalue weighted by molar-refractivity contribution is -0.0807. The summed E-state index contributed by atoms with van der Waals surface area (Å²) in [6, 6.07) is 8.14. The molecule has 23 heavy (non-hydrogen) atoms. The van der Waals surface area contributed by atoms with Crippen molar-refractivity contribution in [1.82, 2.24) is 14.5 Å². The number of likely N-dealkylation sites (tertiary alicyclic amines) is 1. The van der Waals surface area contributed by atoms with Crippen LogP contribution in [0.2, 0.25) is 0 Å². The maximum atomic E-state index is 10.6. The van der Waals surface area contributed by atoms with Crippen LogP contribution < -0.4 is 0 Å². The number of aromatic nitrogens is 2. The van der Waals surface area contributed by atoms with Crippen molar-refractivity contribution in [3.8, 4) is 0 Å². The smallest absolute Gasteiger partial charge is 0.123 e. The first kappa shape index (κ1) is 16.4. The molecule has 0 spiro atoms. The molecule has 2 N–H and O–H groups in total. The van der Waals surface area contributed by atoms with E-state index >= 15 is 0 Å². The quantitative estimate of drug-likeness (QED) is 0.884. The van der Waals surface area contributed by atoms with Crippen LogP contribution in [0.5, 0.6) is 0 Å². The second-order valence-corrected chi connectivity index (χ2v) is 6.85. The van der Waals surface area contributed by atoms with Gasteiger partial charge in [-0.1, -0.05) is 25.5 Å². The summed E-state index contributed by atoms with van der Waals surface area (Å²) in [5.41, 5.74) is 1.83. The largest absolute Gasteiger partial charge is 0.396 e. The first-order valence-electron chi connectivity index (χ1n) is 8.51. The van der Waals surface area contributed by atoms with Crippen LogP contribution in [0.15, 0.2) is 24.3 Å². The predicted octanol–water partition coefficient (Wildman–Crippen LogP) is 1.92. The number of piperidine rings is 1. The van der Waals surface area contributed by atoms with Gasteiger partial charge in [-0.2, -0.15) is 0 Å². The maximum absolute atomic E-state index is 10.6. The number of hydrogen-bond donors (Lipinski definition) is 2. The standard InChI is InChI=1S/C18H27N3O2/c1-3-8-18(13-22)9-10-21(11-16(18)23)12-17-19-14-6-4-5-7-15(14)20(17)2/h4-7,16,22-23H,3,8-13H2,1-2H3/t16-,18+/m0/s1. The van der Waals surface area contributed by atoms with Crippen molar-refractivity contribution >= 4 is 11.0 Å². The molecule has 3 rings (SSSR count). The van der Waals surface area contributed by atoms with Crippen molar-refractivity contribution in [1.29, 1.82) is 0 Å². The van der Waals surface area contributed by atoms with Crippen LogP contribution in [0, 0.1) is 5.41 Å². The Morgan fingerprint density at radius 2 is 2.13 bits per heavy atom. The Morgan fingerprint density at radius 3 is 2.78 bits per heavy atom. The Hall–Kier alpha value is -1.43. The van der Waals surface area contributed by atoms with Crippen molar-refractivity contribution in [3.63, 3.8) is 0 Å². The Kier molecular flexibility index (Phi) is 4.71. The zero-order chi connectivity index (χ0) is 16.4. The fraction of sp³-hybridized carbons (Fsp3) is 0.611. The summed E-state index contributed by atoms with van der Waals surface area (Å²) in [6.45, 7) is 4.40. The number of aliphatic hydroxyl groups is 2. The van der Waals surface area contributed by atoms with Gasteiger partial charge in [-0.15, -0.1) is 0 Å². The molecule has 0 saturated carbocycles. The van der Waals surface area contributed by atoms with Crippen LogP contribution >= 0.6 is 0 Å². The molecule has 1 saturated heterocycles. The van der Waals surface area contributed by atoms with Crippen molar-refractivity contribution in [2.75, 3.05) is 19.7 Å². The Morgan fingerprint density at radius 1 is 1.35 bits per heavy atom. The molecule has 1 fully saturated rings. The summed E-state index contributed by atoms with van der Waals surface area (Å²) < 4.78 is 2.13. The molecular weight excluding hydrogens is 290 g/mol. The third-order valence-corrected chi connectivity index (χ3v) is 5.37. The van der Waals surface area contributed by atoms with E-state index in [0.29, 0.717) is 6.54 Å². The lowest BCUT2D eigenvalue weighted by Gasteiger charge is -2.44. The van der Waals surface area contributed by atoms with Crippen molar-refractivity contribution in [3.05, 3.63) is 30.1 Å². The number of rotatable bonds is 5. The second-order valence-electron chi connectivity index (χ2n) is 6.85. The van der Waals surface area contributed by atoms with Gasteiger partial charge in [0.2, 0.25) is 0 Å². The predicted molar refractivity (Wildman–Crippen MR) is 91.0 cm³/mol. The molecular formula is C18H27N3O2. The third-order valence-electron chi connectivity index (χ3n) is 5.37. The number of β-amino-alcohol motifs (C(OH)–C–C–N with tert-alkyl or cyclic N) is 1. The van der Waals surface area contributed by atoms with Gasteiger partial charge >= 0.3 is 0 Å². The molecule has 2 heterocycles. The topological polar surface area (TPSA) is 61.5 Å². The van der Waals surface area contributed by atoms with Gasteiger partial charge < -0.3 is 14.8 Å². The molecule has 126 valence electrons. The summed E-state index contributed by atoms with van der Waals surface area (Å²) in [7, 11) is 2.04. The van der Waals surface area contributed by atoms with Gasteiger partial charge in [-0.25, -0.2) is 4.98 Å². The zero-order valence-corrected chi connectivity index (χ0v) is 14.1. The van der Waals surface area contributed by atoms with Crippen LogP contribution in [0.25, 0.3) is 11.0 Å². The first-order valence-corrected chi connectivity index (χ1v) is 8.51. The number of aryl methyl sites for hydroxylation is 1. The van der Waals surface area contributed by atoms with Gasteiger partial charge in [0, 0.05) is 19.0 Å². The average molecular weight is 317 g/mol. The van der Waals surface area contributed by atoms with Crippen LogP contribution in [0.3, 0.4) is 0 Å². The second kappa shape index (κ2) is 6.59. The SMILES string of the molecule is CCC[C@]1(CO)CCN(Cc2nc3ccccc3n2C)C[C@@H]1O. The van der Waals surface area contributed by atoms with E-state index < -0.39 is 6.10 Å². The van der Waals surface area contributed by atoms with Gasteiger partial charge in [0.15, 0.2) is 0 Å².